The average molecular weight is 413 g/mol. The molecule has 0 spiro atoms. The number of hydrogen-bond donors (Lipinski definition) is 0. The highest BCUT2D eigenvalue weighted by molar-refractivity contribution is 6.74. The van der Waals surface area contributed by atoms with Gasteiger partial charge in [0.2, 0.25) is 0 Å². The molecule has 0 unspecified atom stereocenters. The standard InChI is InChI=1S/C22H40O5Si/c1-8-9-12-17-18(13-10-15-24-17)26-20(23)22(5)19(14-11-16-25-22)27-28(6,7)21(2,3)4/h8-9,17-19H,10-16H2,1-7H3/b9-8-/t17-,18+,19-,22-/m0/s1. The monoisotopic (exact) mass is 412 g/mol. The third-order valence-corrected chi connectivity index (χ3v) is 11.0. The van der Waals surface area contributed by atoms with Crippen molar-refractivity contribution >= 4 is 14.3 Å². The molecule has 0 aromatic carbocycles. The minimum atomic E-state index is -2.03. The molecule has 28 heavy (non-hydrogen) atoms. The molecule has 162 valence electrons. The molecule has 0 aliphatic carbocycles. The third-order valence-electron chi connectivity index (χ3n) is 6.52. The van der Waals surface area contributed by atoms with Crippen molar-refractivity contribution in [1.82, 2.24) is 0 Å². The lowest BCUT2D eigenvalue weighted by Gasteiger charge is -2.46. The van der Waals surface area contributed by atoms with Crippen molar-refractivity contribution in [3.8, 4) is 0 Å². The molecular formula is C22H40O5Si. The molecule has 0 aromatic heterocycles. The Labute approximate surface area is 172 Å². The molecule has 0 amide bonds. The number of esters is 1. The van der Waals surface area contributed by atoms with Crippen molar-refractivity contribution in [2.45, 2.75) is 109 Å². The van der Waals surface area contributed by atoms with Crippen molar-refractivity contribution < 1.29 is 23.4 Å². The molecule has 0 bridgehead atoms. The molecule has 2 fully saturated rings. The maximum absolute atomic E-state index is 13.3. The first kappa shape index (κ1) is 23.6. The summed E-state index contributed by atoms with van der Waals surface area (Å²) in [7, 11) is -2.03. The van der Waals surface area contributed by atoms with E-state index < -0.39 is 13.9 Å². The first-order chi connectivity index (χ1) is 13.0. The van der Waals surface area contributed by atoms with Gasteiger partial charge < -0.3 is 18.6 Å². The summed E-state index contributed by atoms with van der Waals surface area (Å²) in [5.41, 5.74) is -1.06. The van der Waals surface area contributed by atoms with Gasteiger partial charge in [0.25, 0.3) is 0 Å². The predicted octanol–water partition coefficient (Wildman–Crippen LogP) is 5.00. The van der Waals surface area contributed by atoms with Crippen LogP contribution in [0.3, 0.4) is 0 Å². The first-order valence-corrected chi connectivity index (χ1v) is 13.7. The Kier molecular flexibility index (Phi) is 7.93. The van der Waals surface area contributed by atoms with E-state index in [9.17, 15) is 4.79 Å². The quantitative estimate of drug-likeness (QED) is 0.349. The van der Waals surface area contributed by atoms with Crippen LogP contribution in [-0.4, -0.2) is 51.4 Å². The third kappa shape index (κ3) is 5.46. The summed E-state index contributed by atoms with van der Waals surface area (Å²) < 4.78 is 24.5. The number of carbonyl (C=O) groups is 1. The van der Waals surface area contributed by atoms with E-state index in [1.54, 1.807) is 0 Å². The zero-order chi connectivity index (χ0) is 21.0. The Hall–Kier alpha value is -0.693. The van der Waals surface area contributed by atoms with Gasteiger partial charge in [0.15, 0.2) is 13.9 Å². The fourth-order valence-corrected chi connectivity index (χ4v) is 4.91. The summed E-state index contributed by atoms with van der Waals surface area (Å²) in [6.45, 7) is 16.2. The topological polar surface area (TPSA) is 54.0 Å². The van der Waals surface area contributed by atoms with Gasteiger partial charge in [-0.1, -0.05) is 32.9 Å². The molecule has 4 atom stereocenters. The molecule has 6 heteroatoms. The van der Waals surface area contributed by atoms with Crippen LogP contribution >= 0.6 is 0 Å². The van der Waals surface area contributed by atoms with Gasteiger partial charge in [0, 0.05) is 13.2 Å². The highest BCUT2D eigenvalue weighted by Crippen LogP contribution is 2.41. The van der Waals surface area contributed by atoms with Crippen LogP contribution in [0.25, 0.3) is 0 Å². The maximum Gasteiger partial charge on any atom is 0.341 e. The minimum absolute atomic E-state index is 0.0735. The van der Waals surface area contributed by atoms with Crippen LogP contribution in [0.5, 0.6) is 0 Å². The molecule has 0 radical (unpaired) electrons. The van der Waals surface area contributed by atoms with E-state index in [1.807, 2.05) is 19.9 Å². The second-order valence-electron chi connectivity index (χ2n) is 9.76. The Morgan fingerprint density at radius 3 is 2.54 bits per heavy atom. The van der Waals surface area contributed by atoms with Gasteiger partial charge in [0.05, 0.1) is 12.2 Å². The summed E-state index contributed by atoms with van der Waals surface area (Å²) in [4.78, 5) is 13.3. The van der Waals surface area contributed by atoms with Gasteiger partial charge >= 0.3 is 5.97 Å². The molecular weight excluding hydrogens is 372 g/mol. The van der Waals surface area contributed by atoms with Crippen LogP contribution in [0.4, 0.5) is 0 Å². The highest BCUT2D eigenvalue weighted by Gasteiger charge is 2.51. The molecule has 0 aromatic rings. The smallest absolute Gasteiger partial charge is 0.341 e. The Morgan fingerprint density at radius 2 is 1.89 bits per heavy atom. The molecule has 2 saturated heterocycles. The fourth-order valence-electron chi connectivity index (χ4n) is 3.51. The van der Waals surface area contributed by atoms with Crippen molar-refractivity contribution in [1.29, 1.82) is 0 Å². The van der Waals surface area contributed by atoms with E-state index >= 15 is 0 Å². The summed E-state index contributed by atoms with van der Waals surface area (Å²) >= 11 is 0. The molecule has 2 aliphatic heterocycles. The summed E-state index contributed by atoms with van der Waals surface area (Å²) in [6.07, 6.45) is 7.71. The van der Waals surface area contributed by atoms with Crippen LogP contribution in [-0.2, 0) is 23.4 Å². The largest absolute Gasteiger partial charge is 0.457 e. The SMILES string of the molecule is C/C=C\C[C@@H]1OCCC[C@H]1OC(=O)[C@@]1(C)OCCC[C@@H]1O[Si](C)(C)C(C)(C)C. The van der Waals surface area contributed by atoms with E-state index in [4.69, 9.17) is 18.6 Å². The number of allylic oxidation sites excluding steroid dienone is 1. The lowest BCUT2D eigenvalue weighted by Crippen LogP contribution is -2.59. The highest BCUT2D eigenvalue weighted by atomic mass is 28.4. The Balaban J connectivity index is 2.13. The average Bonchev–Trinajstić information content (AvgIpc) is 2.62. The van der Waals surface area contributed by atoms with Gasteiger partial charge in [-0.2, -0.15) is 0 Å². The van der Waals surface area contributed by atoms with Crippen LogP contribution in [0, 0.1) is 0 Å². The van der Waals surface area contributed by atoms with Crippen LogP contribution in [0.1, 0.15) is 66.7 Å². The molecule has 0 N–H and O–H groups in total. The summed E-state index contributed by atoms with van der Waals surface area (Å²) in [5.74, 6) is -0.308. The van der Waals surface area contributed by atoms with Crippen LogP contribution in [0.2, 0.25) is 18.1 Å². The lowest BCUT2D eigenvalue weighted by atomic mass is 9.92. The van der Waals surface area contributed by atoms with Crippen LogP contribution < -0.4 is 0 Å². The first-order valence-electron chi connectivity index (χ1n) is 10.8. The van der Waals surface area contributed by atoms with E-state index in [0.29, 0.717) is 6.61 Å². The number of ether oxygens (including phenoxy) is 3. The zero-order valence-electron chi connectivity index (χ0n) is 18.9. The van der Waals surface area contributed by atoms with E-state index in [0.717, 1.165) is 38.7 Å². The van der Waals surface area contributed by atoms with Gasteiger partial charge in [0.1, 0.15) is 6.10 Å². The number of rotatable bonds is 6. The second-order valence-corrected chi connectivity index (χ2v) is 14.5. The van der Waals surface area contributed by atoms with Gasteiger partial charge in [-0.15, -0.1) is 0 Å². The predicted molar refractivity (Wildman–Crippen MR) is 114 cm³/mol. The van der Waals surface area contributed by atoms with Crippen molar-refractivity contribution in [2.24, 2.45) is 0 Å². The van der Waals surface area contributed by atoms with E-state index in [-0.39, 0.29) is 29.3 Å². The van der Waals surface area contributed by atoms with Gasteiger partial charge in [-0.25, -0.2) is 4.79 Å². The Bertz CT molecular complexity index is 554. The lowest BCUT2D eigenvalue weighted by molar-refractivity contribution is -0.207. The molecule has 0 saturated carbocycles. The molecule has 2 rings (SSSR count). The minimum Gasteiger partial charge on any atom is -0.457 e. The van der Waals surface area contributed by atoms with Gasteiger partial charge in [-0.05, 0) is 64.1 Å². The maximum atomic E-state index is 13.3. The zero-order valence-corrected chi connectivity index (χ0v) is 19.9. The van der Waals surface area contributed by atoms with Crippen molar-refractivity contribution in [3.63, 3.8) is 0 Å². The van der Waals surface area contributed by atoms with Gasteiger partial charge in [-0.3, -0.25) is 0 Å². The van der Waals surface area contributed by atoms with Crippen molar-refractivity contribution in [2.75, 3.05) is 13.2 Å². The molecule has 2 aliphatic rings. The molecule has 5 nitrogen and oxygen atoms in total. The normalized spacial score (nSPS) is 32.5. The van der Waals surface area contributed by atoms with Crippen LogP contribution in [0.15, 0.2) is 12.2 Å². The van der Waals surface area contributed by atoms with Crippen molar-refractivity contribution in [3.05, 3.63) is 12.2 Å². The van der Waals surface area contributed by atoms with E-state index in [2.05, 4.69) is 39.9 Å². The summed E-state index contributed by atoms with van der Waals surface area (Å²) in [6, 6.07) is 0. The second kappa shape index (κ2) is 9.41. The Morgan fingerprint density at radius 1 is 1.21 bits per heavy atom. The fraction of sp³-hybridized carbons (Fsp3) is 0.864. The van der Waals surface area contributed by atoms with E-state index in [1.165, 1.54) is 0 Å². The summed E-state index contributed by atoms with van der Waals surface area (Å²) in [5, 5.41) is 0.0735. The number of hydrogen-bond acceptors (Lipinski definition) is 5. The number of carbonyl (C=O) groups excluding carboxylic acids is 1. The molecule has 2 heterocycles.